The Labute approximate surface area is 217 Å². The van der Waals surface area contributed by atoms with E-state index in [1.165, 1.54) is 43.5 Å². The first-order valence-corrected chi connectivity index (χ1v) is 10.6. The Bertz CT molecular complexity index is 1550. The molecule has 3 rings (SSSR count). The molecule has 0 atom stereocenters. The summed E-state index contributed by atoms with van der Waals surface area (Å²) in [6.07, 6.45) is 1.21. The Morgan fingerprint density at radius 1 is 0.921 bits per heavy atom. The van der Waals surface area contributed by atoms with E-state index in [9.17, 15) is 40.4 Å². The van der Waals surface area contributed by atoms with Crippen molar-refractivity contribution in [3.63, 3.8) is 0 Å². The van der Waals surface area contributed by atoms with Crippen LogP contribution in [0.15, 0.2) is 60.2 Å². The summed E-state index contributed by atoms with van der Waals surface area (Å²) in [5.74, 6) is -1.06. The van der Waals surface area contributed by atoms with E-state index in [2.05, 4.69) is 5.32 Å². The maximum absolute atomic E-state index is 12.6. The number of ether oxygens (including phenoxy) is 2. The highest BCUT2D eigenvalue weighted by atomic mass is 35.5. The first-order chi connectivity index (χ1) is 18.0. The Morgan fingerprint density at radius 2 is 1.61 bits per heavy atom. The third kappa shape index (κ3) is 6.17. The Morgan fingerprint density at radius 3 is 2.21 bits per heavy atom. The number of anilines is 1. The molecule has 0 aliphatic rings. The quantitative estimate of drug-likeness (QED) is 0.158. The Kier molecular flexibility index (Phi) is 8.15. The normalized spacial score (nSPS) is 10.7. The van der Waals surface area contributed by atoms with Crippen LogP contribution in [-0.2, 0) is 4.79 Å². The zero-order valence-electron chi connectivity index (χ0n) is 19.1. The number of hydrogen-bond donors (Lipinski definition) is 1. The van der Waals surface area contributed by atoms with E-state index in [1.807, 2.05) is 0 Å². The van der Waals surface area contributed by atoms with Gasteiger partial charge in [-0.2, -0.15) is 5.26 Å². The molecule has 14 nitrogen and oxygen atoms in total. The maximum atomic E-state index is 12.6. The number of nitro benzene ring substituents is 3. The number of hydrogen-bond acceptors (Lipinski definition) is 10. The summed E-state index contributed by atoms with van der Waals surface area (Å²) >= 11 is 5.76. The molecular formula is C23H14ClN5O9. The standard InChI is InChI=1S/C23H14ClN5O9/c1-37-22-9-13(2-6-21(22)38-20-7-4-16(27(31)32)11-19(20)29(35)36)8-14(12-25)23(30)26-15-3-5-17(24)18(10-15)28(33)34/h2-11H,1H3,(H,26,30)/b14-8+. The van der Waals surface area contributed by atoms with Crippen molar-refractivity contribution < 1.29 is 29.0 Å². The lowest BCUT2D eigenvalue weighted by Gasteiger charge is -2.11. The van der Waals surface area contributed by atoms with Gasteiger partial charge >= 0.3 is 5.69 Å². The van der Waals surface area contributed by atoms with Gasteiger partial charge in [-0.3, -0.25) is 35.1 Å². The van der Waals surface area contributed by atoms with Gasteiger partial charge in [0, 0.05) is 17.8 Å². The predicted molar refractivity (Wildman–Crippen MR) is 133 cm³/mol. The highest BCUT2D eigenvalue weighted by Gasteiger charge is 2.22. The lowest BCUT2D eigenvalue weighted by atomic mass is 10.1. The van der Waals surface area contributed by atoms with Gasteiger partial charge in [-0.25, -0.2) is 0 Å². The lowest BCUT2D eigenvalue weighted by Crippen LogP contribution is -2.13. The number of nitriles is 1. The van der Waals surface area contributed by atoms with Gasteiger partial charge in [0.2, 0.25) is 5.75 Å². The zero-order valence-corrected chi connectivity index (χ0v) is 19.9. The summed E-state index contributed by atoms with van der Waals surface area (Å²) in [6, 6.07) is 12.4. The molecule has 0 saturated heterocycles. The minimum Gasteiger partial charge on any atom is -0.493 e. The van der Waals surface area contributed by atoms with Crippen molar-refractivity contribution in [1.29, 1.82) is 5.26 Å². The SMILES string of the molecule is COc1cc(/C=C(\C#N)C(=O)Nc2ccc(Cl)c([N+](=O)[O-])c2)ccc1Oc1ccc([N+](=O)[O-])cc1[N+](=O)[O-]. The van der Waals surface area contributed by atoms with Crippen molar-refractivity contribution >= 4 is 46.3 Å². The van der Waals surface area contributed by atoms with Crippen molar-refractivity contribution in [1.82, 2.24) is 0 Å². The first-order valence-electron chi connectivity index (χ1n) is 10.2. The van der Waals surface area contributed by atoms with Crippen LogP contribution in [0.2, 0.25) is 5.02 Å². The number of benzene rings is 3. The van der Waals surface area contributed by atoms with Gasteiger partial charge in [0.25, 0.3) is 17.3 Å². The Hall–Kier alpha value is -5.55. The highest BCUT2D eigenvalue weighted by molar-refractivity contribution is 6.32. The number of methoxy groups -OCH3 is 1. The maximum Gasteiger partial charge on any atom is 0.318 e. The van der Waals surface area contributed by atoms with Gasteiger partial charge in [-0.1, -0.05) is 17.7 Å². The number of nitrogens with one attached hydrogen (secondary N) is 1. The van der Waals surface area contributed by atoms with E-state index in [4.69, 9.17) is 21.1 Å². The molecule has 0 aliphatic heterocycles. The minimum absolute atomic E-state index is 0.0121. The van der Waals surface area contributed by atoms with E-state index >= 15 is 0 Å². The van der Waals surface area contributed by atoms with Gasteiger partial charge in [-0.05, 0) is 42.0 Å². The zero-order chi connectivity index (χ0) is 28.0. The van der Waals surface area contributed by atoms with Gasteiger partial charge in [0.15, 0.2) is 11.5 Å². The smallest absolute Gasteiger partial charge is 0.318 e. The number of nitrogens with zero attached hydrogens (tertiary/aromatic N) is 4. The molecule has 0 radical (unpaired) electrons. The Balaban J connectivity index is 1.88. The van der Waals surface area contributed by atoms with Crippen LogP contribution in [0.4, 0.5) is 22.7 Å². The molecule has 38 heavy (non-hydrogen) atoms. The van der Waals surface area contributed by atoms with Crippen molar-refractivity contribution in [2.24, 2.45) is 0 Å². The summed E-state index contributed by atoms with van der Waals surface area (Å²) in [5, 5.41) is 45.1. The van der Waals surface area contributed by atoms with Gasteiger partial charge in [0.05, 0.1) is 27.9 Å². The predicted octanol–water partition coefficient (Wildman–Crippen LogP) is 5.41. The van der Waals surface area contributed by atoms with E-state index in [0.29, 0.717) is 5.56 Å². The molecule has 15 heteroatoms. The van der Waals surface area contributed by atoms with E-state index in [0.717, 1.165) is 24.3 Å². The fourth-order valence-electron chi connectivity index (χ4n) is 3.07. The van der Waals surface area contributed by atoms with Crippen LogP contribution in [0.1, 0.15) is 5.56 Å². The second kappa shape index (κ2) is 11.5. The number of non-ortho nitro benzene ring substituents is 1. The van der Waals surface area contributed by atoms with Crippen LogP contribution in [0.5, 0.6) is 17.2 Å². The summed E-state index contributed by atoms with van der Waals surface area (Å²) < 4.78 is 10.8. The van der Waals surface area contributed by atoms with Crippen LogP contribution in [0.3, 0.4) is 0 Å². The van der Waals surface area contributed by atoms with Crippen LogP contribution < -0.4 is 14.8 Å². The number of rotatable bonds is 9. The molecular weight excluding hydrogens is 526 g/mol. The van der Waals surface area contributed by atoms with Crippen molar-refractivity contribution in [3.05, 3.63) is 101 Å². The van der Waals surface area contributed by atoms with Crippen LogP contribution in [-0.4, -0.2) is 27.8 Å². The molecule has 192 valence electrons. The van der Waals surface area contributed by atoms with E-state index < -0.39 is 37.7 Å². The molecule has 3 aromatic carbocycles. The number of amides is 1. The number of halogens is 1. The van der Waals surface area contributed by atoms with Gasteiger partial charge < -0.3 is 14.8 Å². The summed E-state index contributed by atoms with van der Waals surface area (Å²) in [4.78, 5) is 43.6. The highest BCUT2D eigenvalue weighted by Crippen LogP contribution is 2.38. The van der Waals surface area contributed by atoms with Crippen LogP contribution in [0.25, 0.3) is 6.08 Å². The number of nitro groups is 3. The fraction of sp³-hybridized carbons (Fsp3) is 0.0435. The molecule has 3 aromatic rings. The monoisotopic (exact) mass is 539 g/mol. The topological polar surface area (TPSA) is 201 Å². The van der Waals surface area contributed by atoms with Crippen molar-refractivity contribution in [3.8, 4) is 23.3 Å². The third-order valence-electron chi connectivity index (χ3n) is 4.83. The van der Waals surface area contributed by atoms with E-state index in [-0.39, 0.29) is 33.5 Å². The van der Waals surface area contributed by atoms with Crippen molar-refractivity contribution in [2.75, 3.05) is 12.4 Å². The number of carbonyl (C=O) groups excluding carboxylic acids is 1. The minimum atomic E-state index is -0.857. The molecule has 0 heterocycles. The summed E-state index contributed by atoms with van der Waals surface area (Å²) in [5.41, 5.74) is -1.58. The molecule has 0 saturated carbocycles. The average molecular weight is 540 g/mol. The lowest BCUT2D eigenvalue weighted by molar-refractivity contribution is -0.394. The molecule has 0 unspecified atom stereocenters. The second-order valence-electron chi connectivity index (χ2n) is 7.23. The molecule has 0 aliphatic carbocycles. The van der Waals surface area contributed by atoms with Crippen LogP contribution >= 0.6 is 11.6 Å². The number of carbonyl (C=O) groups is 1. The van der Waals surface area contributed by atoms with Gasteiger partial charge in [-0.15, -0.1) is 0 Å². The molecule has 1 N–H and O–H groups in total. The molecule has 0 spiro atoms. The largest absolute Gasteiger partial charge is 0.493 e. The second-order valence-corrected chi connectivity index (χ2v) is 7.63. The molecule has 0 aromatic heterocycles. The summed E-state index contributed by atoms with van der Waals surface area (Å²) in [6.45, 7) is 0. The molecule has 1 amide bonds. The molecule has 0 fully saturated rings. The molecule has 0 bridgehead atoms. The van der Waals surface area contributed by atoms with E-state index in [1.54, 1.807) is 6.07 Å². The average Bonchev–Trinajstić information content (AvgIpc) is 2.88. The van der Waals surface area contributed by atoms with Crippen LogP contribution in [0, 0.1) is 41.7 Å². The van der Waals surface area contributed by atoms with Crippen molar-refractivity contribution in [2.45, 2.75) is 0 Å². The first kappa shape index (κ1) is 27.0. The van der Waals surface area contributed by atoms with Gasteiger partial charge in [0.1, 0.15) is 16.7 Å². The third-order valence-corrected chi connectivity index (χ3v) is 5.15. The fourth-order valence-corrected chi connectivity index (χ4v) is 3.26. The summed E-state index contributed by atoms with van der Waals surface area (Å²) in [7, 11) is 1.28.